The van der Waals surface area contributed by atoms with Gasteiger partial charge in [-0.3, -0.25) is 11.3 Å². The molecule has 0 saturated heterocycles. The SMILES string of the molecule is NNC(Cc1cccc(F)c1F)C1CCC(F)(F)CC1. The highest BCUT2D eigenvalue weighted by Gasteiger charge is 2.37. The Morgan fingerprint density at radius 2 is 1.90 bits per heavy atom. The second-order valence-electron chi connectivity index (χ2n) is 5.38. The van der Waals surface area contributed by atoms with E-state index < -0.39 is 17.6 Å². The first-order valence-electron chi connectivity index (χ1n) is 6.70. The second-order valence-corrected chi connectivity index (χ2v) is 5.38. The van der Waals surface area contributed by atoms with Gasteiger partial charge in [-0.25, -0.2) is 17.6 Å². The van der Waals surface area contributed by atoms with Gasteiger partial charge >= 0.3 is 0 Å². The Hall–Kier alpha value is -1.14. The third-order valence-corrected chi connectivity index (χ3v) is 4.02. The summed E-state index contributed by atoms with van der Waals surface area (Å²) in [5, 5.41) is 0. The lowest BCUT2D eigenvalue weighted by Crippen LogP contribution is -2.45. The molecule has 2 rings (SSSR count). The van der Waals surface area contributed by atoms with Crippen molar-refractivity contribution in [3.05, 3.63) is 35.4 Å². The van der Waals surface area contributed by atoms with E-state index >= 15 is 0 Å². The van der Waals surface area contributed by atoms with Crippen LogP contribution in [0.25, 0.3) is 0 Å². The van der Waals surface area contributed by atoms with Gasteiger partial charge in [0.2, 0.25) is 5.92 Å². The summed E-state index contributed by atoms with van der Waals surface area (Å²) in [6.45, 7) is 0. The van der Waals surface area contributed by atoms with Gasteiger partial charge in [0.25, 0.3) is 0 Å². The van der Waals surface area contributed by atoms with Gasteiger partial charge in [0.15, 0.2) is 11.6 Å². The number of hydrazine groups is 1. The highest BCUT2D eigenvalue weighted by atomic mass is 19.3. The zero-order chi connectivity index (χ0) is 14.8. The number of alkyl halides is 2. The molecule has 0 amide bonds. The minimum absolute atomic E-state index is 0.0534. The Labute approximate surface area is 115 Å². The average molecular weight is 290 g/mol. The molecule has 1 atom stereocenters. The third kappa shape index (κ3) is 3.49. The van der Waals surface area contributed by atoms with Crippen LogP contribution in [0.5, 0.6) is 0 Å². The molecule has 6 heteroatoms. The predicted octanol–water partition coefficient (Wildman–Crippen LogP) is 3.16. The Morgan fingerprint density at radius 3 is 2.50 bits per heavy atom. The monoisotopic (exact) mass is 290 g/mol. The van der Waals surface area contributed by atoms with Crippen LogP contribution in [-0.2, 0) is 6.42 Å². The minimum atomic E-state index is -2.61. The van der Waals surface area contributed by atoms with Crippen LogP contribution in [0.15, 0.2) is 18.2 Å². The van der Waals surface area contributed by atoms with Crippen molar-refractivity contribution in [3.63, 3.8) is 0 Å². The Kier molecular flexibility index (Phi) is 4.65. The van der Waals surface area contributed by atoms with Gasteiger partial charge in [-0.15, -0.1) is 0 Å². The molecule has 112 valence electrons. The molecular weight excluding hydrogens is 272 g/mol. The number of rotatable bonds is 4. The van der Waals surface area contributed by atoms with Crippen LogP contribution < -0.4 is 11.3 Å². The molecule has 1 aliphatic rings. The number of benzene rings is 1. The largest absolute Gasteiger partial charge is 0.271 e. The first kappa shape index (κ1) is 15.3. The fraction of sp³-hybridized carbons (Fsp3) is 0.571. The number of hydrogen-bond donors (Lipinski definition) is 2. The summed E-state index contributed by atoms with van der Waals surface area (Å²) >= 11 is 0. The topological polar surface area (TPSA) is 38.0 Å². The molecule has 0 aliphatic heterocycles. The molecule has 0 radical (unpaired) electrons. The zero-order valence-electron chi connectivity index (χ0n) is 11.0. The van der Waals surface area contributed by atoms with Crippen LogP contribution in [0.4, 0.5) is 17.6 Å². The summed E-state index contributed by atoms with van der Waals surface area (Å²) in [6, 6.07) is 3.63. The maximum Gasteiger partial charge on any atom is 0.248 e. The van der Waals surface area contributed by atoms with Crippen molar-refractivity contribution in [2.75, 3.05) is 0 Å². The van der Waals surface area contributed by atoms with Crippen LogP contribution >= 0.6 is 0 Å². The quantitative estimate of drug-likeness (QED) is 0.508. The lowest BCUT2D eigenvalue weighted by Gasteiger charge is -2.33. The van der Waals surface area contributed by atoms with Crippen molar-refractivity contribution < 1.29 is 17.6 Å². The van der Waals surface area contributed by atoms with Gasteiger partial charge in [0.1, 0.15) is 0 Å². The molecule has 20 heavy (non-hydrogen) atoms. The van der Waals surface area contributed by atoms with Crippen LogP contribution in [-0.4, -0.2) is 12.0 Å². The van der Waals surface area contributed by atoms with E-state index in [-0.39, 0.29) is 36.8 Å². The first-order valence-corrected chi connectivity index (χ1v) is 6.70. The molecule has 1 aliphatic carbocycles. The number of nitrogens with one attached hydrogen (secondary N) is 1. The zero-order valence-corrected chi connectivity index (χ0v) is 11.0. The van der Waals surface area contributed by atoms with Crippen molar-refractivity contribution in [1.82, 2.24) is 5.43 Å². The molecule has 2 nitrogen and oxygen atoms in total. The van der Waals surface area contributed by atoms with Crippen molar-refractivity contribution in [2.45, 2.75) is 44.1 Å². The summed E-state index contributed by atoms with van der Waals surface area (Å²) in [4.78, 5) is 0. The fourth-order valence-corrected chi connectivity index (χ4v) is 2.77. The molecule has 0 bridgehead atoms. The van der Waals surface area contributed by atoms with E-state index in [2.05, 4.69) is 5.43 Å². The van der Waals surface area contributed by atoms with Crippen LogP contribution in [0.3, 0.4) is 0 Å². The van der Waals surface area contributed by atoms with E-state index in [0.717, 1.165) is 6.07 Å². The summed E-state index contributed by atoms with van der Waals surface area (Å²) in [6.07, 6.45) is 0.497. The van der Waals surface area contributed by atoms with E-state index in [0.29, 0.717) is 12.8 Å². The summed E-state index contributed by atoms with van der Waals surface area (Å²) in [7, 11) is 0. The third-order valence-electron chi connectivity index (χ3n) is 4.02. The molecule has 1 unspecified atom stereocenters. The maximum absolute atomic E-state index is 13.6. The number of hydrogen-bond acceptors (Lipinski definition) is 2. The average Bonchev–Trinajstić information content (AvgIpc) is 2.41. The molecule has 0 heterocycles. The molecular formula is C14H18F4N2. The highest BCUT2D eigenvalue weighted by molar-refractivity contribution is 5.20. The Balaban J connectivity index is 2.04. The van der Waals surface area contributed by atoms with Crippen molar-refractivity contribution in [1.29, 1.82) is 0 Å². The van der Waals surface area contributed by atoms with E-state index in [9.17, 15) is 17.6 Å². The minimum Gasteiger partial charge on any atom is -0.271 e. The summed E-state index contributed by atoms with van der Waals surface area (Å²) < 4.78 is 53.0. The molecule has 1 fully saturated rings. The molecule has 1 aromatic carbocycles. The summed E-state index contributed by atoms with van der Waals surface area (Å²) in [5.74, 6) is 0.985. The highest BCUT2D eigenvalue weighted by Crippen LogP contribution is 2.38. The standard InChI is InChI=1S/C14H18F4N2/c15-11-3-1-2-10(13(11)16)8-12(20-19)9-4-6-14(17,18)7-5-9/h1-3,9,12,20H,4-8,19H2. The Morgan fingerprint density at radius 1 is 1.25 bits per heavy atom. The van der Waals surface area contributed by atoms with E-state index in [4.69, 9.17) is 5.84 Å². The second kappa shape index (κ2) is 6.10. The van der Waals surface area contributed by atoms with Gasteiger partial charge in [0.05, 0.1) is 0 Å². The van der Waals surface area contributed by atoms with E-state index in [1.807, 2.05) is 0 Å². The fourth-order valence-electron chi connectivity index (χ4n) is 2.77. The van der Waals surface area contributed by atoms with Gasteiger partial charge < -0.3 is 0 Å². The van der Waals surface area contributed by atoms with Gasteiger partial charge in [-0.1, -0.05) is 12.1 Å². The number of halogens is 4. The predicted molar refractivity (Wildman–Crippen MR) is 68.1 cm³/mol. The van der Waals surface area contributed by atoms with Gasteiger partial charge in [-0.05, 0) is 36.8 Å². The normalized spacial score (nSPS) is 20.9. The Bertz CT molecular complexity index is 454. The number of nitrogens with two attached hydrogens (primary N) is 1. The molecule has 0 spiro atoms. The van der Waals surface area contributed by atoms with Crippen LogP contribution in [0.1, 0.15) is 31.2 Å². The molecule has 0 aromatic heterocycles. The first-order chi connectivity index (χ1) is 9.43. The molecule has 3 N–H and O–H groups in total. The lowest BCUT2D eigenvalue weighted by atomic mass is 9.80. The van der Waals surface area contributed by atoms with Crippen LogP contribution in [0.2, 0.25) is 0 Å². The van der Waals surface area contributed by atoms with E-state index in [1.165, 1.54) is 12.1 Å². The van der Waals surface area contributed by atoms with Crippen molar-refractivity contribution in [3.8, 4) is 0 Å². The van der Waals surface area contributed by atoms with Crippen molar-refractivity contribution in [2.24, 2.45) is 11.8 Å². The lowest BCUT2D eigenvalue weighted by molar-refractivity contribution is -0.0495. The van der Waals surface area contributed by atoms with E-state index in [1.54, 1.807) is 0 Å². The maximum atomic E-state index is 13.6. The van der Waals surface area contributed by atoms with Gasteiger partial charge in [-0.2, -0.15) is 0 Å². The molecule has 1 aromatic rings. The van der Waals surface area contributed by atoms with Crippen molar-refractivity contribution >= 4 is 0 Å². The summed E-state index contributed by atoms with van der Waals surface area (Å²) in [5.41, 5.74) is 2.77. The van der Waals surface area contributed by atoms with Crippen LogP contribution in [0, 0.1) is 17.6 Å². The molecule has 1 saturated carbocycles. The van der Waals surface area contributed by atoms with Gasteiger partial charge in [0, 0.05) is 18.9 Å². The smallest absolute Gasteiger partial charge is 0.248 e.